The van der Waals surface area contributed by atoms with Crippen LogP contribution in [0, 0.1) is 19.7 Å². The molecule has 1 aliphatic carbocycles. The lowest BCUT2D eigenvalue weighted by molar-refractivity contribution is 0.102. The Labute approximate surface area is 128 Å². The number of halogens is 1. The first-order valence-electron chi connectivity index (χ1n) is 7.16. The Kier molecular flexibility index (Phi) is 3.89. The minimum atomic E-state index is -0.251. The normalized spacial score (nSPS) is 14.4. The first-order valence-corrected chi connectivity index (χ1v) is 8.15. The third-order valence-electron chi connectivity index (χ3n) is 3.88. The predicted molar refractivity (Wildman–Crippen MR) is 83.6 cm³/mol. The zero-order valence-corrected chi connectivity index (χ0v) is 13.0. The highest BCUT2D eigenvalue weighted by atomic mass is 32.2. The van der Waals surface area contributed by atoms with Crippen molar-refractivity contribution < 1.29 is 9.18 Å². The van der Waals surface area contributed by atoms with E-state index in [0.717, 1.165) is 16.2 Å². The smallest absolute Gasteiger partial charge is 0.174 e. The lowest BCUT2D eigenvalue weighted by Crippen LogP contribution is -2.05. The standard InChI is InChI=1S/C17H18FNOS/c1-11-9-16(12(2)19(11)14-5-6-14)17(20)10-21-15-7-3-13(18)4-8-15/h3-4,7-9,14H,5-6,10H2,1-2H3. The van der Waals surface area contributed by atoms with Crippen LogP contribution in [0.4, 0.5) is 4.39 Å². The molecule has 0 N–H and O–H groups in total. The summed E-state index contributed by atoms with van der Waals surface area (Å²) in [5, 5.41) is 0. The van der Waals surface area contributed by atoms with Crippen LogP contribution in [0.5, 0.6) is 0 Å². The average Bonchev–Trinajstić information content (AvgIpc) is 3.24. The second-order valence-corrected chi connectivity index (χ2v) is 6.60. The Bertz CT molecular complexity index is 671. The molecule has 21 heavy (non-hydrogen) atoms. The topological polar surface area (TPSA) is 22.0 Å². The van der Waals surface area contributed by atoms with Crippen molar-refractivity contribution in [1.29, 1.82) is 0 Å². The van der Waals surface area contributed by atoms with Gasteiger partial charge in [-0.05, 0) is 57.0 Å². The summed E-state index contributed by atoms with van der Waals surface area (Å²) in [5.41, 5.74) is 3.08. The van der Waals surface area contributed by atoms with Crippen LogP contribution in [0.15, 0.2) is 35.2 Å². The number of carbonyl (C=O) groups excluding carboxylic acids is 1. The van der Waals surface area contributed by atoms with Crippen molar-refractivity contribution in [3.05, 3.63) is 53.1 Å². The summed E-state index contributed by atoms with van der Waals surface area (Å²) in [6, 6.07) is 8.86. The van der Waals surface area contributed by atoms with Gasteiger partial charge in [0, 0.05) is 27.9 Å². The lowest BCUT2D eigenvalue weighted by Gasteiger charge is -2.07. The minimum Gasteiger partial charge on any atom is -0.345 e. The Balaban J connectivity index is 1.71. The molecule has 0 unspecified atom stereocenters. The number of aromatic nitrogens is 1. The molecule has 3 rings (SSSR count). The maximum Gasteiger partial charge on any atom is 0.174 e. The number of carbonyl (C=O) groups is 1. The first kappa shape index (κ1) is 14.4. The van der Waals surface area contributed by atoms with Crippen molar-refractivity contribution in [2.45, 2.75) is 37.6 Å². The van der Waals surface area contributed by atoms with Gasteiger partial charge in [0.05, 0.1) is 5.75 Å². The Morgan fingerprint density at radius 2 is 1.95 bits per heavy atom. The Morgan fingerprint density at radius 1 is 1.29 bits per heavy atom. The second-order valence-electron chi connectivity index (χ2n) is 5.55. The molecule has 1 heterocycles. The molecule has 0 saturated heterocycles. The third-order valence-corrected chi connectivity index (χ3v) is 4.89. The predicted octanol–water partition coefficient (Wildman–Crippen LogP) is 4.55. The van der Waals surface area contributed by atoms with E-state index in [1.807, 2.05) is 13.0 Å². The molecular formula is C17H18FNOS. The number of hydrogen-bond acceptors (Lipinski definition) is 2. The van der Waals surface area contributed by atoms with Gasteiger partial charge in [-0.3, -0.25) is 4.79 Å². The van der Waals surface area contributed by atoms with Crippen LogP contribution in [0.1, 0.15) is 40.6 Å². The highest BCUT2D eigenvalue weighted by Crippen LogP contribution is 2.38. The zero-order chi connectivity index (χ0) is 15.0. The number of aryl methyl sites for hydroxylation is 1. The van der Waals surface area contributed by atoms with Gasteiger partial charge in [0.25, 0.3) is 0 Å². The van der Waals surface area contributed by atoms with Crippen molar-refractivity contribution in [2.24, 2.45) is 0 Å². The van der Waals surface area contributed by atoms with Crippen molar-refractivity contribution in [2.75, 3.05) is 5.75 Å². The van der Waals surface area contributed by atoms with Gasteiger partial charge < -0.3 is 4.57 Å². The number of ketones is 1. The van der Waals surface area contributed by atoms with Gasteiger partial charge in [0.2, 0.25) is 0 Å². The molecule has 0 radical (unpaired) electrons. The van der Waals surface area contributed by atoms with Crippen molar-refractivity contribution in [1.82, 2.24) is 4.57 Å². The molecule has 0 atom stereocenters. The van der Waals surface area contributed by atoms with Gasteiger partial charge in [0.1, 0.15) is 5.82 Å². The zero-order valence-electron chi connectivity index (χ0n) is 12.2. The highest BCUT2D eigenvalue weighted by Gasteiger charge is 2.28. The number of rotatable bonds is 5. The number of benzene rings is 1. The largest absolute Gasteiger partial charge is 0.345 e. The molecule has 0 bridgehead atoms. The molecule has 1 saturated carbocycles. The van der Waals surface area contributed by atoms with Gasteiger partial charge in [-0.25, -0.2) is 4.39 Å². The van der Waals surface area contributed by atoms with E-state index in [0.29, 0.717) is 11.8 Å². The highest BCUT2D eigenvalue weighted by molar-refractivity contribution is 8.00. The molecule has 110 valence electrons. The van der Waals surface area contributed by atoms with Crippen LogP contribution in [0.3, 0.4) is 0 Å². The van der Waals surface area contributed by atoms with Crippen molar-refractivity contribution in [3.8, 4) is 0 Å². The lowest BCUT2D eigenvalue weighted by atomic mass is 10.2. The molecule has 2 nitrogen and oxygen atoms in total. The van der Waals surface area contributed by atoms with E-state index in [-0.39, 0.29) is 11.6 Å². The molecule has 1 aliphatic rings. The van der Waals surface area contributed by atoms with Crippen LogP contribution in [0.2, 0.25) is 0 Å². The molecule has 2 aromatic rings. The van der Waals surface area contributed by atoms with Gasteiger partial charge >= 0.3 is 0 Å². The van der Waals surface area contributed by atoms with Gasteiger partial charge in [-0.2, -0.15) is 0 Å². The van der Waals surface area contributed by atoms with E-state index in [9.17, 15) is 9.18 Å². The van der Waals surface area contributed by atoms with E-state index in [2.05, 4.69) is 11.5 Å². The summed E-state index contributed by atoms with van der Waals surface area (Å²) in [7, 11) is 0. The third kappa shape index (κ3) is 3.05. The molecule has 4 heteroatoms. The molecule has 1 aromatic carbocycles. The number of nitrogens with zero attached hydrogens (tertiary/aromatic N) is 1. The van der Waals surface area contributed by atoms with Gasteiger partial charge in [-0.15, -0.1) is 11.8 Å². The molecule has 1 aromatic heterocycles. The van der Waals surface area contributed by atoms with Crippen molar-refractivity contribution in [3.63, 3.8) is 0 Å². The number of Topliss-reactive ketones (excluding diaryl/α,β-unsaturated/α-hetero) is 1. The maximum atomic E-state index is 12.9. The summed E-state index contributed by atoms with van der Waals surface area (Å²) in [6.45, 7) is 4.09. The van der Waals surface area contributed by atoms with Crippen LogP contribution in [-0.2, 0) is 0 Å². The summed E-state index contributed by atoms with van der Waals surface area (Å²) < 4.78 is 15.1. The fourth-order valence-corrected chi connectivity index (χ4v) is 3.49. The summed E-state index contributed by atoms with van der Waals surface area (Å²) in [6.07, 6.45) is 2.43. The minimum absolute atomic E-state index is 0.143. The van der Waals surface area contributed by atoms with Crippen LogP contribution < -0.4 is 0 Å². The number of hydrogen-bond donors (Lipinski definition) is 0. The van der Waals surface area contributed by atoms with Crippen LogP contribution >= 0.6 is 11.8 Å². The Hall–Kier alpha value is -1.55. The van der Waals surface area contributed by atoms with E-state index in [1.54, 1.807) is 12.1 Å². The molecule has 0 amide bonds. The summed E-state index contributed by atoms with van der Waals surface area (Å²) >= 11 is 1.45. The fourth-order valence-electron chi connectivity index (χ4n) is 2.71. The number of thioether (sulfide) groups is 1. The van der Waals surface area contributed by atoms with Gasteiger partial charge in [0.15, 0.2) is 5.78 Å². The van der Waals surface area contributed by atoms with Crippen LogP contribution in [-0.4, -0.2) is 16.1 Å². The molecule has 0 aliphatic heterocycles. The molecular weight excluding hydrogens is 285 g/mol. The Morgan fingerprint density at radius 3 is 2.57 bits per heavy atom. The second kappa shape index (κ2) is 5.68. The van der Waals surface area contributed by atoms with E-state index in [1.165, 1.54) is 42.4 Å². The SMILES string of the molecule is Cc1cc(C(=O)CSc2ccc(F)cc2)c(C)n1C1CC1. The van der Waals surface area contributed by atoms with E-state index >= 15 is 0 Å². The van der Waals surface area contributed by atoms with E-state index in [4.69, 9.17) is 0 Å². The van der Waals surface area contributed by atoms with E-state index < -0.39 is 0 Å². The average molecular weight is 303 g/mol. The van der Waals surface area contributed by atoms with Gasteiger partial charge in [-0.1, -0.05) is 0 Å². The quantitative estimate of drug-likeness (QED) is 0.597. The monoisotopic (exact) mass is 303 g/mol. The van der Waals surface area contributed by atoms with Crippen LogP contribution in [0.25, 0.3) is 0 Å². The molecule has 1 fully saturated rings. The first-order chi connectivity index (χ1) is 10.1. The summed E-state index contributed by atoms with van der Waals surface area (Å²) in [4.78, 5) is 13.3. The van der Waals surface area contributed by atoms with Crippen molar-refractivity contribution >= 4 is 17.5 Å². The molecule has 0 spiro atoms. The fraction of sp³-hybridized carbons (Fsp3) is 0.353. The summed E-state index contributed by atoms with van der Waals surface area (Å²) in [5.74, 6) is 0.281. The maximum absolute atomic E-state index is 12.9.